The highest BCUT2D eigenvalue weighted by atomic mass is 16.5. The van der Waals surface area contributed by atoms with Gasteiger partial charge in [-0.2, -0.15) is 0 Å². The molecule has 3 heteroatoms. The first-order valence-corrected chi connectivity index (χ1v) is 6.91. The Morgan fingerprint density at radius 3 is 2.38 bits per heavy atom. The third-order valence-corrected chi connectivity index (χ3v) is 3.72. The maximum Gasteiger partial charge on any atom is 0.124 e. The van der Waals surface area contributed by atoms with Crippen LogP contribution in [0.5, 0.6) is 5.75 Å². The molecule has 3 N–H and O–H groups in total. The van der Waals surface area contributed by atoms with Gasteiger partial charge in [0.1, 0.15) is 5.75 Å². The van der Waals surface area contributed by atoms with Crippen LogP contribution in [0.1, 0.15) is 17.2 Å². The zero-order valence-corrected chi connectivity index (χ0v) is 11.9. The molecule has 0 amide bonds. The second-order valence-electron chi connectivity index (χ2n) is 4.95. The minimum atomic E-state index is -0.106. The van der Waals surface area contributed by atoms with Crippen LogP contribution in [0.15, 0.2) is 66.7 Å². The third-order valence-electron chi connectivity index (χ3n) is 3.72. The van der Waals surface area contributed by atoms with E-state index in [1.807, 2.05) is 36.4 Å². The lowest BCUT2D eigenvalue weighted by Gasteiger charge is -2.20. The van der Waals surface area contributed by atoms with Crippen LogP contribution in [0.25, 0.3) is 10.8 Å². The van der Waals surface area contributed by atoms with Gasteiger partial charge in [-0.05, 0) is 28.5 Å². The second kappa shape index (κ2) is 5.95. The molecule has 3 rings (SSSR count). The molecule has 0 aliphatic carbocycles. The Labute approximate surface area is 124 Å². The number of nitrogens with two attached hydrogens (primary N) is 1. The maximum atomic E-state index is 5.80. The molecule has 0 heterocycles. The van der Waals surface area contributed by atoms with Gasteiger partial charge in [0.2, 0.25) is 0 Å². The molecule has 0 aliphatic rings. The van der Waals surface area contributed by atoms with Gasteiger partial charge in [-0.15, -0.1) is 0 Å². The SMILES string of the molecule is COc1ccccc1C(NN)c1ccc2ccccc2c1. The van der Waals surface area contributed by atoms with E-state index in [0.29, 0.717) is 0 Å². The van der Waals surface area contributed by atoms with E-state index in [-0.39, 0.29) is 6.04 Å². The largest absolute Gasteiger partial charge is 0.496 e. The highest BCUT2D eigenvalue weighted by Crippen LogP contribution is 2.30. The predicted molar refractivity (Wildman–Crippen MR) is 86.1 cm³/mol. The van der Waals surface area contributed by atoms with Crippen molar-refractivity contribution >= 4 is 10.8 Å². The van der Waals surface area contributed by atoms with E-state index in [0.717, 1.165) is 16.9 Å². The van der Waals surface area contributed by atoms with Gasteiger partial charge in [0, 0.05) is 5.56 Å². The Morgan fingerprint density at radius 1 is 0.905 bits per heavy atom. The van der Waals surface area contributed by atoms with Crippen molar-refractivity contribution in [3.63, 3.8) is 0 Å². The van der Waals surface area contributed by atoms with Crippen molar-refractivity contribution in [3.8, 4) is 5.75 Å². The Morgan fingerprint density at radius 2 is 1.62 bits per heavy atom. The first-order chi connectivity index (χ1) is 10.3. The summed E-state index contributed by atoms with van der Waals surface area (Å²) in [5.41, 5.74) is 5.03. The molecule has 0 saturated heterocycles. The highest BCUT2D eigenvalue weighted by Gasteiger charge is 2.16. The summed E-state index contributed by atoms with van der Waals surface area (Å²) in [6, 6.07) is 22.5. The summed E-state index contributed by atoms with van der Waals surface area (Å²) in [5, 5.41) is 2.42. The first kappa shape index (κ1) is 13.6. The van der Waals surface area contributed by atoms with E-state index in [1.54, 1.807) is 7.11 Å². The second-order valence-corrected chi connectivity index (χ2v) is 4.95. The number of hydrogen-bond donors (Lipinski definition) is 2. The topological polar surface area (TPSA) is 47.3 Å². The average Bonchev–Trinajstić information content (AvgIpc) is 2.56. The standard InChI is InChI=1S/C18H18N2O/c1-21-17-9-5-4-8-16(17)18(20-19)15-11-10-13-6-2-3-7-14(13)12-15/h2-12,18,20H,19H2,1H3. The van der Waals surface area contributed by atoms with E-state index < -0.39 is 0 Å². The van der Waals surface area contributed by atoms with Gasteiger partial charge < -0.3 is 4.74 Å². The zero-order chi connectivity index (χ0) is 14.7. The monoisotopic (exact) mass is 278 g/mol. The zero-order valence-electron chi connectivity index (χ0n) is 11.9. The molecule has 0 aliphatic heterocycles. The Bertz CT molecular complexity index is 755. The molecule has 3 aromatic rings. The van der Waals surface area contributed by atoms with Crippen LogP contribution < -0.4 is 16.0 Å². The fraction of sp³-hybridized carbons (Fsp3) is 0.111. The maximum absolute atomic E-state index is 5.80. The summed E-state index contributed by atoms with van der Waals surface area (Å²) >= 11 is 0. The number of benzene rings is 3. The Kier molecular flexibility index (Phi) is 3.86. The number of nitrogens with one attached hydrogen (secondary N) is 1. The Balaban J connectivity index is 2.09. The molecule has 1 atom stereocenters. The first-order valence-electron chi connectivity index (χ1n) is 6.91. The molecule has 3 aromatic carbocycles. The predicted octanol–water partition coefficient (Wildman–Crippen LogP) is 3.40. The lowest BCUT2D eigenvalue weighted by Crippen LogP contribution is -2.29. The van der Waals surface area contributed by atoms with Crippen LogP contribution in [0.2, 0.25) is 0 Å². The van der Waals surface area contributed by atoms with Crippen molar-refractivity contribution < 1.29 is 4.74 Å². The van der Waals surface area contributed by atoms with Gasteiger partial charge in [0.05, 0.1) is 13.2 Å². The minimum absolute atomic E-state index is 0.106. The average molecular weight is 278 g/mol. The van der Waals surface area contributed by atoms with E-state index in [2.05, 4.69) is 35.8 Å². The summed E-state index contributed by atoms with van der Waals surface area (Å²) < 4.78 is 5.44. The molecular weight excluding hydrogens is 260 g/mol. The highest BCUT2D eigenvalue weighted by molar-refractivity contribution is 5.83. The van der Waals surface area contributed by atoms with E-state index >= 15 is 0 Å². The molecule has 1 unspecified atom stereocenters. The minimum Gasteiger partial charge on any atom is -0.496 e. The van der Waals surface area contributed by atoms with Crippen molar-refractivity contribution in [1.82, 2.24) is 5.43 Å². The lowest BCUT2D eigenvalue weighted by atomic mass is 9.96. The van der Waals surface area contributed by atoms with Crippen molar-refractivity contribution in [2.45, 2.75) is 6.04 Å². The van der Waals surface area contributed by atoms with Gasteiger partial charge in [-0.3, -0.25) is 5.84 Å². The normalized spacial score (nSPS) is 12.3. The van der Waals surface area contributed by atoms with Crippen LogP contribution in [-0.4, -0.2) is 7.11 Å². The number of hydrogen-bond acceptors (Lipinski definition) is 3. The summed E-state index contributed by atoms with van der Waals surface area (Å²) in [7, 11) is 1.67. The molecule has 0 spiro atoms. The van der Waals surface area contributed by atoms with Crippen molar-refractivity contribution in [1.29, 1.82) is 0 Å². The number of fused-ring (bicyclic) bond motifs is 1. The van der Waals surface area contributed by atoms with E-state index in [4.69, 9.17) is 10.6 Å². The van der Waals surface area contributed by atoms with Crippen LogP contribution in [0.4, 0.5) is 0 Å². The van der Waals surface area contributed by atoms with Gasteiger partial charge >= 0.3 is 0 Å². The summed E-state index contributed by atoms with van der Waals surface area (Å²) in [4.78, 5) is 0. The molecule has 3 nitrogen and oxygen atoms in total. The molecule has 0 bridgehead atoms. The fourth-order valence-electron chi connectivity index (χ4n) is 2.66. The van der Waals surface area contributed by atoms with Crippen molar-refractivity contribution in [3.05, 3.63) is 77.9 Å². The summed E-state index contributed by atoms with van der Waals surface area (Å²) in [5.74, 6) is 6.63. The van der Waals surface area contributed by atoms with Gasteiger partial charge in [0.15, 0.2) is 0 Å². The van der Waals surface area contributed by atoms with Gasteiger partial charge in [-0.1, -0.05) is 54.6 Å². The molecule has 21 heavy (non-hydrogen) atoms. The molecule has 0 aromatic heterocycles. The number of hydrazine groups is 1. The summed E-state index contributed by atoms with van der Waals surface area (Å²) in [6.45, 7) is 0. The number of ether oxygens (including phenoxy) is 1. The number of methoxy groups -OCH3 is 1. The number of rotatable bonds is 4. The molecule has 0 saturated carbocycles. The third kappa shape index (κ3) is 2.61. The Hall–Kier alpha value is -2.36. The van der Waals surface area contributed by atoms with Gasteiger partial charge in [0.25, 0.3) is 0 Å². The van der Waals surface area contributed by atoms with E-state index in [1.165, 1.54) is 10.8 Å². The van der Waals surface area contributed by atoms with Crippen LogP contribution in [0.3, 0.4) is 0 Å². The van der Waals surface area contributed by atoms with E-state index in [9.17, 15) is 0 Å². The smallest absolute Gasteiger partial charge is 0.124 e. The fourth-order valence-corrected chi connectivity index (χ4v) is 2.66. The summed E-state index contributed by atoms with van der Waals surface area (Å²) in [6.07, 6.45) is 0. The van der Waals surface area contributed by atoms with Crippen LogP contribution in [-0.2, 0) is 0 Å². The lowest BCUT2D eigenvalue weighted by molar-refractivity contribution is 0.404. The van der Waals surface area contributed by atoms with Crippen LogP contribution >= 0.6 is 0 Å². The molecule has 0 radical (unpaired) electrons. The van der Waals surface area contributed by atoms with Gasteiger partial charge in [-0.25, -0.2) is 5.43 Å². The van der Waals surface area contributed by atoms with Crippen molar-refractivity contribution in [2.24, 2.45) is 5.84 Å². The molecule has 106 valence electrons. The van der Waals surface area contributed by atoms with Crippen molar-refractivity contribution in [2.75, 3.05) is 7.11 Å². The van der Waals surface area contributed by atoms with Crippen LogP contribution in [0, 0.1) is 0 Å². The quantitative estimate of drug-likeness (QED) is 0.568. The molecular formula is C18H18N2O. The number of para-hydroxylation sites is 1. The molecule has 0 fully saturated rings.